The molecular formula is C14H19NO3. The van der Waals surface area contributed by atoms with Crippen LogP contribution in [0.4, 0.5) is 0 Å². The molecule has 4 heteroatoms. The summed E-state index contributed by atoms with van der Waals surface area (Å²) in [6, 6.07) is 4.62. The molecule has 0 aliphatic rings. The van der Waals surface area contributed by atoms with E-state index in [2.05, 4.69) is 6.58 Å². The van der Waals surface area contributed by atoms with Crippen molar-refractivity contribution in [1.29, 1.82) is 0 Å². The molecule has 0 bridgehead atoms. The first kappa shape index (κ1) is 14.1. The third kappa shape index (κ3) is 3.52. The number of phenolic OH excluding ortho intramolecular Hbond substituents is 1. The van der Waals surface area contributed by atoms with E-state index in [1.54, 1.807) is 24.1 Å². The fourth-order valence-corrected chi connectivity index (χ4v) is 1.59. The molecule has 1 aromatic rings. The van der Waals surface area contributed by atoms with Gasteiger partial charge >= 0.3 is 0 Å². The normalized spacial score (nSPS) is 9.89. The molecule has 98 valence electrons. The van der Waals surface area contributed by atoms with Gasteiger partial charge in [0.15, 0.2) is 0 Å². The number of hydrogen-bond donors (Lipinski definition) is 1. The maximum atomic E-state index is 12.1. The summed E-state index contributed by atoms with van der Waals surface area (Å²) in [5.41, 5.74) is 0.260. The van der Waals surface area contributed by atoms with Gasteiger partial charge in [0.05, 0.1) is 12.7 Å². The number of allylic oxidation sites excluding steroid dienone is 1. The van der Waals surface area contributed by atoms with Crippen LogP contribution in [0.15, 0.2) is 30.9 Å². The molecule has 0 radical (unpaired) electrons. The first-order valence-electron chi connectivity index (χ1n) is 5.83. The van der Waals surface area contributed by atoms with E-state index in [1.165, 1.54) is 13.2 Å². The molecule has 0 atom stereocenters. The summed E-state index contributed by atoms with van der Waals surface area (Å²) in [7, 11) is 3.23. The molecular weight excluding hydrogens is 230 g/mol. The van der Waals surface area contributed by atoms with E-state index < -0.39 is 0 Å². The van der Waals surface area contributed by atoms with E-state index in [-0.39, 0.29) is 17.2 Å². The maximum Gasteiger partial charge on any atom is 0.257 e. The second-order valence-corrected chi connectivity index (χ2v) is 4.04. The van der Waals surface area contributed by atoms with E-state index in [9.17, 15) is 9.90 Å². The minimum absolute atomic E-state index is 0.0311. The van der Waals surface area contributed by atoms with Gasteiger partial charge in [-0.2, -0.15) is 0 Å². The predicted molar refractivity (Wildman–Crippen MR) is 71.1 cm³/mol. The number of methoxy groups -OCH3 is 1. The van der Waals surface area contributed by atoms with Crippen LogP contribution < -0.4 is 4.74 Å². The fraction of sp³-hybridized carbons (Fsp3) is 0.357. The minimum atomic E-state index is -0.213. The molecule has 0 fully saturated rings. The molecule has 0 aliphatic carbocycles. The van der Waals surface area contributed by atoms with Gasteiger partial charge in [0.2, 0.25) is 0 Å². The first-order chi connectivity index (χ1) is 8.60. The van der Waals surface area contributed by atoms with E-state index in [1.807, 2.05) is 6.08 Å². The monoisotopic (exact) mass is 249 g/mol. The van der Waals surface area contributed by atoms with E-state index >= 15 is 0 Å². The highest BCUT2D eigenvalue weighted by atomic mass is 16.5. The Kier molecular flexibility index (Phi) is 5.24. The zero-order chi connectivity index (χ0) is 13.5. The van der Waals surface area contributed by atoms with E-state index in [0.717, 1.165) is 12.8 Å². The van der Waals surface area contributed by atoms with Gasteiger partial charge in [-0.3, -0.25) is 4.79 Å². The van der Waals surface area contributed by atoms with Crippen LogP contribution in [-0.2, 0) is 0 Å². The van der Waals surface area contributed by atoms with Gasteiger partial charge < -0.3 is 14.7 Å². The Hall–Kier alpha value is -1.97. The number of phenols is 1. The highest BCUT2D eigenvalue weighted by Gasteiger charge is 2.16. The van der Waals surface area contributed by atoms with E-state index in [4.69, 9.17) is 4.74 Å². The molecule has 1 amide bonds. The summed E-state index contributed by atoms with van der Waals surface area (Å²) >= 11 is 0. The molecule has 1 N–H and O–H groups in total. The smallest absolute Gasteiger partial charge is 0.257 e. The van der Waals surface area contributed by atoms with Crippen molar-refractivity contribution in [3.8, 4) is 11.5 Å². The van der Waals surface area contributed by atoms with Gasteiger partial charge in [-0.25, -0.2) is 0 Å². The first-order valence-corrected chi connectivity index (χ1v) is 5.83. The van der Waals surface area contributed by atoms with Crippen molar-refractivity contribution >= 4 is 5.91 Å². The van der Waals surface area contributed by atoms with Crippen molar-refractivity contribution in [2.45, 2.75) is 12.8 Å². The summed E-state index contributed by atoms with van der Waals surface area (Å²) in [4.78, 5) is 13.7. The number of carbonyl (C=O) groups is 1. The van der Waals surface area contributed by atoms with Crippen LogP contribution in [0.25, 0.3) is 0 Å². The minimum Gasteiger partial charge on any atom is -0.507 e. The maximum absolute atomic E-state index is 12.1. The molecule has 0 heterocycles. The molecule has 0 saturated heterocycles. The largest absolute Gasteiger partial charge is 0.507 e. The van der Waals surface area contributed by atoms with Gasteiger partial charge in [-0.1, -0.05) is 6.08 Å². The van der Waals surface area contributed by atoms with Crippen LogP contribution in [0.2, 0.25) is 0 Å². The van der Waals surface area contributed by atoms with Crippen LogP contribution in [0.3, 0.4) is 0 Å². The predicted octanol–water partition coefficient (Wildman–Crippen LogP) is 2.44. The SMILES string of the molecule is C=CCCCN(C)C(=O)c1cc(OC)ccc1O. The van der Waals surface area contributed by atoms with Gasteiger partial charge in [0, 0.05) is 13.6 Å². The lowest BCUT2D eigenvalue weighted by Crippen LogP contribution is -2.27. The Morgan fingerprint density at radius 2 is 2.28 bits per heavy atom. The second-order valence-electron chi connectivity index (χ2n) is 4.04. The molecule has 0 aromatic heterocycles. The summed E-state index contributed by atoms with van der Waals surface area (Å²) in [5.74, 6) is 0.308. The average molecular weight is 249 g/mol. The van der Waals surface area contributed by atoms with Crippen molar-refractivity contribution in [2.24, 2.45) is 0 Å². The summed E-state index contributed by atoms with van der Waals surface area (Å²) in [5, 5.41) is 9.70. The number of ether oxygens (including phenoxy) is 1. The Morgan fingerprint density at radius 1 is 1.56 bits per heavy atom. The molecule has 4 nitrogen and oxygen atoms in total. The Bertz CT molecular complexity index is 429. The van der Waals surface area contributed by atoms with Gasteiger partial charge in [0.1, 0.15) is 11.5 Å². The standard InChI is InChI=1S/C14H19NO3/c1-4-5-6-9-15(2)14(17)12-10-11(18-3)7-8-13(12)16/h4,7-8,10,16H,1,5-6,9H2,2-3H3. The number of hydrogen-bond acceptors (Lipinski definition) is 3. The van der Waals surface area contributed by atoms with Crippen LogP contribution in [0.1, 0.15) is 23.2 Å². The summed E-state index contributed by atoms with van der Waals surface area (Å²) in [6.45, 7) is 4.26. The number of nitrogens with zero attached hydrogens (tertiary/aromatic N) is 1. The molecule has 0 aliphatic heterocycles. The molecule has 1 aromatic carbocycles. The zero-order valence-corrected chi connectivity index (χ0v) is 10.8. The van der Waals surface area contributed by atoms with Crippen LogP contribution in [-0.4, -0.2) is 36.6 Å². The zero-order valence-electron chi connectivity index (χ0n) is 10.8. The van der Waals surface area contributed by atoms with Crippen LogP contribution in [0.5, 0.6) is 11.5 Å². The van der Waals surface area contributed by atoms with Gasteiger partial charge in [-0.05, 0) is 31.0 Å². The number of rotatable bonds is 6. The van der Waals surface area contributed by atoms with Crippen molar-refractivity contribution in [2.75, 3.05) is 20.7 Å². The topological polar surface area (TPSA) is 49.8 Å². The number of benzene rings is 1. The lowest BCUT2D eigenvalue weighted by molar-refractivity contribution is 0.0790. The Morgan fingerprint density at radius 3 is 2.89 bits per heavy atom. The van der Waals surface area contributed by atoms with Gasteiger partial charge in [-0.15, -0.1) is 6.58 Å². The lowest BCUT2D eigenvalue weighted by Gasteiger charge is -2.17. The Balaban J connectivity index is 2.78. The number of carbonyl (C=O) groups excluding carboxylic acids is 1. The summed E-state index contributed by atoms with van der Waals surface area (Å²) in [6.07, 6.45) is 3.54. The van der Waals surface area contributed by atoms with Crippen molar-refractivity contribution in [1.82, 2.24) is 4.90 Å². The Labute approximate surface area is 107 Å². The summed E-state index contributed by atoms with van der Waals surface area (Å²) < 4.78 is 5.04. The van der Waals surface area contributed by atoms with Crippen molar-refractivity contribution in [3.63, 3.8) is 0 Å². The molecule has 0 spiro atoms. The third-order valence-corrected chi connectivity index (χ3v) is 2.68. The number of aromatic hydroxyl groups is 1. The highest BCUT2D eigenvalue weighted by Crippen LogP contribution is 2.24. The average Bonchev–Trinajstić information content (AvgIpc) is 2.38. The highest BCUT2D eigenvalue weighted by molar-refractivity contribution is 5.97. The number of unbranched alkanes of at least 4 members (excludes halogenated alkanes) is 1. The van der Waals surface area contributed by atoms with E-state index in [0.29, 0.717) is 12.3 Å². The molecule has 0 unspecified atom stereocenters. The fourth-order valence-electron chi connectivity index (χ4n) is 1.59. The van der Waals surface area contributed by atoms with Crippen molar-refractivity contribution in [3.05, 3.63) is 36.4 Å². The lowest BCUT2D eigenvalue weighted by atomic mass is 10.1. The van der Waals surface area contributed by atoms with Crippen molar-refractivity contribution < 1.29 is 14.6 Å². The quantitative estimate of drug-likeness (QED) is 0.622. The van der Waals surface area contributed by atoms with Crippen LogP contribution >= 0.6 is 0 Å². The van der Waals surface area contributed by atoms with Gasteiger partial charge in [0.25, 0.3) is 5.91 Å². The second kappa shape index (κ2) is 6.69. The number of amides is 1. The molecule has 1 rings (SSSR count). The van der Waals surface area contributed by atoms with Crippen LogP contribution in [0, 0.1) is 0 Å². The molecule has 18 heavy (non-hydrogen) atoms. The molecule has 0 saturated carbocycles. The third-order valence-electron chi connectivity index (χ3n) is 2.68.